The monoisotopic (exact) mass is 298 g/mol. The molecule has 1 rings (SSSR count). The maximum atomic E-state index is 12.6. The van der Waals surface area contributed by atoms with Gasteiger partial charge in [-0.3, -0.25) is 14.5 Å². The van der Waals surface area contributed by atoms with Gasteiger partial charge in [0, 0.05) is 18.6 Å². The molecule has 0 aromatic rings. The van der Waals surface area contributed by atoms with Crippen molar-refractivity contribution < 1.29 is 14.7 Å². The van der Waals surface area contributed by atoms with Gasteiger partial charge in [-0.1, -0.05) is 26.2 Å². The highest BCUT2D eigenvalue weighted by Crippen LogP contribution is 2.22. The zero-order valence-electron chi connectivity index (χ0n) is 13.7. The molecule has 5 heteroatoms. The zero-order valence-corrected chi connectivity index (χ0v) is 13.7. The first-order valence-electron chi connectivity index (χ1n) is 8.24. The first kappa shape index (κ1) is 18.0. The second-order valence-corrected chi connectivity index (χ2v) is 5.98. The molecule has 21 heavy (non-hydrogen) atoms. The van der Waals surface area contributed by atoms with Crippen LogP contribution in [0, 0.1) is 0 Å². The molecule has 0 bridgehead atoms. The number of hydrogen-bond acceptors (Lipinski definition) is 3. The molecule has 0 spiro atoms. The Balaban J connectivity index is 2.59. The number of carboxylic acid groups (broad SMARTS) is 1. The van der Waals surface area contributed by atoms with Gasteiger partial charge in [0.05, 0.1) is 13.0 Å². The Kier molecular flexibility index (Phi) is 7.72. The van der Waals surface area contributed by atoms with E-state index < -0.39 is 5.97 Å². The summed E-state index contributed by atoms with van der Waals surface area (Å²) >= 11 is 0. The quantitative estimate of drug-likeness (QED) is 0.747. The van der Waals surface area contributed by atoms with Gasteiger partial charge >= 0.3 is 5.97 Å². The molecule has 0 aromatic heterocycles. The van der Waals surface area contributed by atoms with E-state index in [9.17, 15) is 9.59 Å². The standard InChI is InChI=1S/C16H30N2O3/c1-4-17(13(3)11-16(20)21)12-15(19)18(5-2)14-9-7-6-8-10-14/h13-14H,4-12H2,1-3H3,(H,20,21). The van der Waals surface area contributed by atoms with E-state index in [1.165, 1.54) is 19.3 Å². The van der Waals surface area contributed by atoms with E-state index in [0.717, 1.165) is 19.4 Å². The highest BCUT2D eigenvalue weighted by Gasteiger charge is 2.26. The van der Waals surface area contributed by atoms with Crippen LogP contribution < -0.4 is 0 Å². The van der Waals surface area contributed by atoms with Gasteiger partial charge in [0.25, 0.3) is 0 Å². The molecule has 0 heterocycles. The van der Waals surface area contributed by atoms with E-state index in [4.69, 9.17) is 5.11 Å². The third-order valence-corrected chi connectivity index (χ3v) is 4.51. The summed E-state index contributed by atoms with van der Waals surface area (Å²) in [5, 5.41) is 8.90. The fraction of sp³-hybridized carbons (Fsp3) is 0.875. The summed E-state index contributed by atoms with van der Waals surface area (Å²) in [5.41, 5.74) is 0. The fourth-order valence-electron chi connectivity index (χ4n) is 3.26. The molecule has 1 fully saturated rings. The van der Waals surface area contributed by atoms with Crippen molar-refractivity contribution in [3.05, 3.63) is 0 Å². The normalized spacial score (nSPS) is 17.7. The van der Waals surface area contributed by atoms with Gasteiger partial charge in [0.1, 0.15) is 0 Å². The summed E-state index contributed by atoms with van der Waals surface area (Å²) in [6.45, 7) is 7.65. The summed E-state index contributed by atoms with van der Waals surface area (Å²) in [4.78, 5) is 27.4. The van der Waals surface area contributed by atoms with E-state index in [1.54, 1.807) is 0 Å². The maximum Gasteiger partial charge on any atom is 0.304 e. The summed E-state index contributed by atoms with van der Waals surface area (Å²) in [5.74, 6) is -0.670. The minimum absolute atomic E-state index is 0.0800. The maximum absolute atomic E-state index is 12.6. The topological polar surface area (TPSA) is 60.9 Å². The molecule has 0 saturated heterocycles. The number of carbonyl (C=O) groups excluding carboxylic acids is 1. The summed E-state index contributed by atoms with van der Waals surface area (Å²) in [7, 11) is 0. The van der Waals surface area contributed by atoms with Crippen LogP contribution >= 0.6 is 0 Å². The van der Waals surface area contributed by atoms with Gasteiger partial charge in [-0.05, 0) is 33.2 Å². The lowest BCUT2D eigenvalue weighted by Gasteiger charge is -2.36. The number of hydrogen-bond donors (Lipinski definition) is 1. The Hall–Kier alpha value is -1.10. The molecule has 1 aliphatic carbocycles. The van der Waals surface area contributed by atoms with Gasteiger partial charge < -0.3 is 10.0 Å². The Bertz CT molecular complexity index is 340. The number of rotatable bonds is 8. The predicted octanol–water partition coefficient (Wildman–Crippen LogP) is 2.35. The van der Waals surface area contributed by atoms with E-state index >= 15 is 0 Å². The van der Waals surface area contributed by atoms with Crippen LogP contribution in [-0.4, -0.2) is 58.5 Å². The molecule has 1 aliphatic rings. The van der Waals surface area contributed by atoms with Gasteiger partial charge in [0.15, 0.2) is 0 Å². The Labute approximate surface area is 128 Å². The number of amides is 1. The lowest BCUT2D eigenvalue weighted by atomic mass is 9.94. The van der Waals surface area contributed by atoms with Crippen LogP contribution in [0.5, 0.6) is 0 Å². The minimum Gasteiger partial charge on any atom is -0.481 e. The van der Waals surface area contributed by atoms with Crippen molar-refractivity contribution in [2.45, 2.75) is 71.4 Å². The highest BCUT2D eigenvalue weighted by atomic mass is 16.4. The second kappa shape index (κ2) is 9.03. The summed E-state index contributed by atoms with van der Waals surface area (Å²) in [6, 6.07) is 0.270. The molecule has 0 aromatic carbocycles. The van der Waals surface area contributed by atoms with Crippen LogP contribution in [0.2, 0.25) is 0 Å². The number of likely N-dealkylation sites (N-methyl/N-ethyl adjacent to an activating group) is 2. The van der Waals surface area contributed by atoms with Gasteiger partial charge in [-0.25, -0.2) is 0 Å². The van der Waals surface area contributed by atoms with Crippen LogP contribution in [0.4, 0.5) is 0 Å². The molecule has 1 saturated carbocycles. The lowest BCUT2D eigenvalue weighted by molar-refractivity contribution is -0.140. The average Bonchev–Trinajstić information content (AvgIpc) is 2.45. The third-order valence-electron chi connectivity index (χ3n) is 4.51. The molecule has 1 amide bonds. The van der Waals surface area contributed by atoms with Crippen LogP contribution in [-0.2, 0) is 9.59 Å². The van der Waals surface area contributed by atoms with Crippen molar-refractivity contribution in [2.24, 2.45) is 0 Å². The fourth-order valence-corrected chi connectivity index (χ4v) is 3.26. The van der Waals surface area contributed by atoms with Crippen LogP contribution in [0.3, 0.4) is 0 Å². The molecule has 5 nitrogen and oxygen atoms in total. The van der Waals surface area contributed by atoms with Crippen LogP contribution in [0.15, 0.2) is 0 Å². The van der Waals surface area contributed by atoms with E-state index in [0.29, 0.717) is 19.1 Å². The summed E-state index contributed by atoms with van der Waals surface area (Å²) in [6.07, 6.45) is 5.99. The first-order valence-corrected chi connectivity index (χ1v) is 8.24. The van der Waals surface area contributed by atoms with Crippen molar-refractivity contribution in [3.63, 3.8) is 0 Å². The molecular weight excluding hydrogens is 268 g/mol. The van der Waals surface area contributed by atoms with E-state index in [2.05, 4.69) is 0 Å². The smallest absolute Gasteiger partial charge is 0.304 e. The molecule has 0 radical (unpaired) electrons. The molecule has 0 aliphatic heterocycles. The first-order chi connectivity index (χ1) is 9.99. The number of nitrogens with zero attached hydrogens (tertiary/aromatic N) is 2. The average molecular weight is 298 g/mol. The van der Waals surface area contributed by atoms with Crippen molar-refractivity contribution in [1.29, 1.82) is 0 Å². The highest BCUT2D eigenvalue weighted by molar-refractivity contribution is 5.78. The minimum atomic E-state index is -0.812. The second-order valence-electron chi connectivity index (χ2n) is 5.98. The Morgan fingerprint density at radius 1 is 1.14 bits per heavy atom. The van der Waals surface area contributed by atoms with Crippen molar-refractivity contribution in [3.8, 4) is 0 Å². The van der Waals surface area contributed by atoms with Crippen LogP contribution in [0.1, 0.15) is 59.3 Å². The van der Waals surface area contributed by atoms with E-state index in [-0.39, 0.29) is 18.4 Å². The van der Waals surface area contributed by atoms with Crippen molar-refractivity contribution >= 4 is 11.9 Å². The molecule has 1 N–H and O–H groups in total. The Morgan fingerprint density at radius 2 is 1.76 bits per heavy atom. The van der Waals surface area contributed by atoms with Crippen LogP contribution in [0.25, 0.3) is 0 Å². The largest absolute Gasteiger partial charge is 0.481 e. The van der Waals surface area contributed by atoms with Gasteiger partial charge in [0.2, 0.25) is 5.91 Å². The summed E-state index contributed by atoms with van der Waals surface area (Å²) < 4.78 is 0. The zero-order chi connectivity index (χ0) is 15.8. The van der Waals surface area contributed by atoms with E-state index in [1.807, 2.05) is 30.6 Å². The molecular formula is C16H30N2O3. The third kappa shape index (κ3) is 5.65. The van der Waals surface area contributed by atoms with Gasteiger partial charge in [-0.2, -0.15) is 0 Å². The number of carboxylic acids is 1. The molecule has 122 valence electrons. The SMILES string of the molecule is CCN(CC(=O)N(CC)C1CCCCC1)C(C)CC(=O)O. The molecule has 1 atom stereocenters. The van der Waals surface area contributed by atoms with Gasteiger partial charge in [-0.15, -0.1) is 0 Å². The van der Waals surface area contributed by atoms with Crippen molar-refractivity contribution in [1.82, 2.24) is 9.80 Å². The number of aliphatic carboxylic acids is 1. The Morgan fingerprint density at radius 3 is 2.24 bits per heavy atom. The molecule has 1 unspecified atom stereocenters. The van der Waals surface area contributed by atoms with Crippen molar-refractivity contribution in [2.75, 3.05) is 19.6 Å². The predicted molar refractivity (Wildman–Crippen MR) is 83.2 cm³/mol. The lowest BCUT2D eigenvalue weighted by Crippen LogP contribution is -2.48. The number of carbonyl (C=O) groups is 2.